The van der Waals surface area contributed by atoms with Gasteiger partial charge in [-0.2, -0.15) is 0 Å². The second-order valence-electron chi connectivity index (χ2n) is 5.40. The smallest absolute Gasteiger partial charge is 0.342 e. The number of benzene rings is 2. The molecule has 2 aromatic rings. The molecular formula is C15H19NO6P2. The van der Waals surface area contributed by atoms with Gasteiger partial charge in [0.25, 0.3) is 0 Å². The zero-order valence-electron chi connectivity index (χ0n) is 12.7. The van der Waals surface area contributed by atoms with E-state index in [0.717, 1.165) is 17.5 Å². The van der Waals surface area contributed by atoms with E-state index in [1.165, 1.54) is 0 Å². The first kappa shape index (κ1) is 18.9. The van der Waals surface area contributed by atoms with Gasteiger partial charge in [0.2, 0.25) is 0 Å². The van der Waals surface area contributed by atoms with Crippen molar-refractivity contribution < 1.29 is 28.7 Å². The molecule has 0 aromatic heterocycles. The van der Waals surface area contributed by atoms with Gasteiger partial charge in [-0.15, -0.1) is 0 Å². The normalized spacial score (nSPS) is 12.4. The zero-order chi connectivity index (χ0) is 17.8. The van der Waals surface area contributed by atoms with Crippen LogP contribution in [-0.2, 0) is 15.6 Å². The van der Waals surface area contributed by atoms with E-state index in [9.17, 15) is 9.13 Å². The Morgan fingerprint density at radius 1 is 0.792 bits per heavy atom. The molecule has 2 aromatic carbocycles. The van der Waals surface area contributed by atoms with Gasteiger partial charge in [-0.25, -0.2) is 0 Å². The Morgan fingerprint density at radius 2 is 1.29 bits per heavy atom. The average molecular weight is 371 g/mol. The van der Waals surface area contributed by atoms with E-state index in [4.69, 9.17) is 19.6 Å². The molecule has 0 radical (unpaired) electrons. The van der Waals surface area contributed by atoms with Gasteiger partial charge in [0, 0.05) is 12.2 Å². The van der Waals surface area contributed by atoms with Crippen LogP contribution in [0.2, 0.25) is 0 Å². The molecule has 0 bridgehead atoms. The Bertz CT molecular complexity index is 731. The lowest BCUT2D eigenvalue weighted by Gasteiger charge is -2.20. The molecule has 0 spiro atoms. The van der Waals surface area contributed by atoms with E-state index in [2.05, 4.69) is 5.32 Å². The summed E-state index contributed by atoms with van der Waals surface area (Å²) in [7, 11) is -9.83. The maximum absolute atomic E-state index is 11.2. The molecule has 24 heavy (non-hydrogen) atoms. The number of hydrogen-bond acceptors (Lipinski definition) is 3. The Labute approximate surface area is 139 Å². The first-order chi connectivity index (χ1) is 11.2. The van der Waals surface area contributed by atoms with Crippen LogP contribution in [-0.4, -0.2) is 31.5 Å². The van der Waals surface area contributed by atoms with Gasteiger partial charge in [0.15, 0.2) is 5.40 Å². The summed E-state index contributed by atoms with van der Waals surface area (Å²) < 4.78 is 22.4. The number of nitrogens with one attached hydrogen (secondary N) is 1. The summed E-state index contributed by atoms with van der Waals surface area (Å²) in [6.07, 6.45) is 0.745. The third-order valence-corrected chi connectivity index (χ3v) is 7.19. The minimum atomic E-state index is -4.92. The first-order valence-electron chi connectivity index (χ1n) is 7.13. The minimum Gasteiger partial charge on any atom is -0.383 e. The molecule has 0 aliphatic heterocycles. The SMILES string of the molecule is O=P(O)(O)C(CNc1ccc(Cc2ccccc2)cc1)P(=O)(O)O. The molecule has 0 amide bonds. The second kappa shape index (κ2) is 7.62. The monoisotopic (exact) mass is 371 g/mol. The highest BCUT2D eigenvalue weighted by molar-refractivity contribution is 7.70. The van der Waals surface area contributed by atoms with Crippen LogP contribution in [0.25, 0.3) is 0 Å². The van der Waals surface area contributed by atoms with E-state index < -0.39 is 27.1 Å². The van der Waals surface area contributed by atoms with Gasteiger partial charge >= 0.3 is 15.2 Å². The summed E-state index contributed by atoms with van der Waals surface area (Å²) in [6.45, 7) is -0.521. The van der Waals surface area contributed by atoms with Crippen molar-refractivity contribution in [2.24, 2.45) is 0 Å². The second-order valence-corrected chi connectivity index (χ2v) is 9.41. The molecule has 0 atom stereocenters. The van der Waals surface area contributed by atoms with Crippen molar-refractivity contribution in [3.63, 3.8) is 0 Å². The Morgan fingerprint density at radius 3 is 1.79 bits per heavy atom. The lowest BCUT2D eigenvalue weighted by Crippen LogP contribution is -2.20. The van der Waals surface area contributed by atoms with Crippen molar-refractivity contribution >= 4 is 20.9 Å². The molecular weight excluding hydrogens is 352 g/mol. The van der Waals surface area contributed by atoms with Gasteiger partial charge in [0.05, 0.1) is 0 Å². The third kappa shape index (κ3) is 5.56. The highest BCUT2D eigenvalue weighted by Gasteiger charge is 2.43. The van der Waals surface area contributed by atoms with E-state index >= 15 is 0 Å². The quantitative estimate of drug-likeness (QED) is 0.473. The number of rotatable bonds is 7. The molecule has 7 nitrogen and oxygen atoms in total. The van der Waals surface area contributed by atoms with Crippen LogP contribution in [0.1, 0.15) is 11.1 Å². The van der Waals surface area contributed by atoms with E-state index in [1.807, 2.05) is 42.5 Å². The molecule has 0 unspecified atom stereocenters. The van der Waals surface area contributed by atoms with E-state index in [0.29, 0.717) is 5.69 Å². The summed E-state index contributed by atoms with van der Waals surface area (Å²) in [5.41, 5.74) is 2.73. The van der Waals surface area contributed by atoms with Crippen LogP contribution in [0.4, 0.5) is 5.69 Å². The summed E-state index contributed by atoms with van der Waals surface area (Å²) in [5.74, 6) is 0. The van der Waals surface area contributed by atoms with Gasteiger partial charge in [-0.3, -0.25) is 9.13 Å². The summed E-state index contributed by atoms with van der Waals surface area (Å²) in [6, 6.07) is 17.0. The van der Waals surface area contributed by atoms with Crippen molar-refractivity contribution in [2.45, 2.75) is 11.8 Å². The maximum Gasteiger partial charge on any atom is 0.342 e. The predicted molar refractivity (Wildman–Crippen MR) is 92.1 cm³/mol. The van der Waals surface area contributed by atoms with Crippen LogP contribution < -0.4 is 5.32 Å². The van der Waals surface area contributed by atoms with Gasteiger partial charge in [-0.05, 0) is 29.7 Å². The largest absolute Gasteiger partial charge is 0.383 e. The molecule has 2 rings (SSSR count). The number of hydrogen-bond donors (Lipinski definition) is 5. The Kier molecular flexibility index (Phi) is 5.99. The van der Waals surface area contributed by atoms with Crippen LogP contribution in [0.3, 0.4) is 0 Å². The predicted octanol–water partition coefficient (Wildman–Crippen LogP) is 2.37. The molecule has 0 aliphatic rings. The highest BCUT2D eigenvalue weighted by atomic mass is 31.2. The fourth-order valence-corrected chi connectivity index (χ4v) is 4.44. The zero-order valence-corrected chi connectivity index (χ0v) is 14.5. The van der Waals surface area contributed by atoms with Crippen molar-refractivity contribution in [3.05, 3.63) is 65.7 Å². The minimum absolute atomic E-state index is 0.521. The van der Waals surface area contributed by atoms with E-state index in [-0.39, 0.29) is 0 Å². The van der Waals surface area contributed by atoms with Crippen molar-refractivity contribution in [2.75, 3.05) is 11.9 Å². The molecule has 9 heteroatoms. The molecule has 0 saturated heterocycles. The maximum atomic E-state index is 11.2. The number of anilines is 1. The lowest BCUT2D eigenvalue weighted by molar-refractivity contribution is 0.340. The summed E-state index contributed by atoms with van der Waals surface area (Å²) in [4.78, 5) is 36.3. The molecule has 5 N–H and O–H groups in total. The van der Waals surface area contributed by atoms with Crippen molar-refractivity contribution in [1.29, 1.82) is 0 Å². The lowest BCUT2D eigenvalue weighted by atomic mass is 10.0. The summed E-state index contributed by atoms with van der Waals surface area (Å²) in [5, 5.41) is 0.603. The Balaban J connectivity index is 2.01. The van der Waals surface area contributed by atoms with E-state index in [1.54, 1.807) is 12.1 Å². The average Bonchev–Trinajstić information content (AvgIpc) is 2.47. The molecule has 0 heterocycles. The van der Waals surface area contributed by atoms with Crippen LogP contribution in [0, 0.1) is 0 Å². The third-order valence-electron chi connectivity index (χ3n) is 3.47. The fourth-order valence-electron chi connectivity index (χ4n) is 2.21. The Hall–Kier alpha value is -1.46. The standard InChI is InChI=1S/C15H19NO6P2/c17-23(18,19)15(24(20,21)22)11-16-14-8-6-13(7-9-14)10-12-4-2-1-3-5-12/h1-9,15-16H,10-11H2,(H2,17,18,19)(H2,20,21,22). The van der Waals surface area contributed by atoms with Crippen LogP contribution in [0.15, 0.2) is 54.6 Å². The topological polar surface area (TPSA) is 127 Å². The van der Waals surface area contributed by atoms with Crippen LogP contribution >= 0.6 is 15.2 Å². The fraction of sp³-hybridized carbons (Fsp3) is 0.200. The van der Waals surface area contributed by atoms with Gasteiger partial charge < -0.3 is 24.9 Å². The highest BCUT2D eigenvalue weighted by Crippen LogP contribution is 2.59. The first-order valence-corrected chi connectivity index (χ1v) is 10.5. The molecule has 0 saturated carbocycles. The van der Waals surface area contributed by atoms with Crippen molar-refractivity contribution in [1.82, 2.24) is 0 Å². The van der Waals surface area contributed by atoms with Crippen LogP contribution in [0.5, 0.6) is 0 Å². The molecule has 0 aliphatic carbocycles. The molecule has 130 valence electrons. The summed E-state index contributed by atoms with van der Waals surface area (Å²) >= 11 is 0. The van der Waals surface area contributed by atoms with Gasteiger partial charge in [-0.1, -0.05) is 42.5 Å². The van der Waals surface area contributed by atoms with Crippen molar-refractivity contribution in [3.8, 4) is 0 Å². The molecule has 0 fully saturated rings. The van der Waals surface area contributed by atoms with Gasteiger partial charge in [0.1, 0.15) is 0 Å².